The number of hydrogen-bond donors (Lipinski definition) is 0. The van der Waals surface area contributed by atoms with E-state index in [0.717, 1.165) is 84.8 Å². The minimum Gasteiger partial charge on any atom is -0.308 e. The van der Waals surface area contributed by atoms with Gasteiger partial charge in [0.05, 0.1) is 50.6 Å². The van der Waals surface area contributed by atoms with E-state index in [1.807, 2.05) is 66.7 Å². The summed E-state index contributed by atoms with van der Waals surface area (Å²) in [4.78, 5) is 0. The van der Waals surface area contributed by atoms with Gasteiger partial charge in [0.2, 0.25) is 0 Å². The molecule has 7 heteroatoms. The van der Waals surface area contributed by atoms with Crippen LogP contribution in [0.1, 0.15) is 38.9 Å². The van der Waals surface area contributed by atoms with Crippen LogP contribution in [0.25, 0.3) is 88.4 Å². The highest BCUT2D eigenvalue weighted by atomic mass is 19.4. The predicted octanol–water partition coefficient (Wildman–Crippen LogP) is 13.5. The Morgan fingerprint density at radius 2 is 0.933 bits per heavy atom. The van der Waals surface area contributed by atoms with Gasteiger partial charge in [-0.1, -0.05) is 91.0 Å². The Bertz CT molecular complexity index is 3430. The number of para-hydroxylation sites is 2. The van der Waals surface area contributed by atoms with Gasteiger partial charge in [0.1, 0.15) is 11.6 Å². The number of nitrogens with zero attached hydrogens (tertiary/aromatic N) is 4. The zero-order chi connectivity index (χ0) is 40.4. The normalized spacial score (nSPS) is 12.8. The second-order valence-electron chi connectivity index (χ2n) is 15.8. The van der Waals surface area contributed by atoms with Gasteiger partial charge in [-0.25, -0.2) is 0 Å². The first-order valence-electron chi connectivity index (χ1n) is 19.8. The number of benzene rings is 8. The average molecular weight is 779 g/mol. The van der Waals surface area contributed by atoms with E-state index in [9.17, 15) is 10.5 Å². The highest BCUT2D eigenvalue weighted by Gasteiger charge is 2.35. The maximum absolute atomic E-state index is 15.1. The molecule has 0 aliphatic heterocycles. The Labute approximate surface area is 341 Å². The van der Waals surface area contributed by atoms with Gasteiger partial charge in [-0.05, 0) is 129 Å². The van der Waals surface area contributed by atoms with Crippen molar-refractivity contribution >= 4 is 43.6 Å². The monoisotopic (exact) mass is 778 g/mol. The van der Waals surface area contributed by atoms with Gasteiger partial charge >= 0.3 is 6.18 Å². The summed E-state index contributed by atoms with van der Waals surface area (Å²) in [6.45, 7) is 0. The topological polar surface area (TPSA) is 57.4 Å². The molecule has 2 aliphatic carbocycles. The summed E-state index contributed by atoms with van der Waals surface area (Å²) in [5.74, 6) is 0. The minimum absolute atomic E-state index is 0.0808. The largest absolute Gasteiger partial charge is 0.417 e. The number of nitriles is 2. The highest BCUT2D eigenvalue weighted by molar-refractivity contribution is 6.13. The molecule has 0 fully saturated rings. The van der Waals surface area contributed by atoms with Gasteiger partial charge in [-0.3, -0.25) is 0 Å². The number of hydrogen-bond acceptors (Lipinski definition) is 2. The second-order valence-corrected chi connectivity index (χ2v) is 15.8. The summed E-state index contributed by atoms with van der Waals surface area (Å²) in [6.07, 6.45) is -3.27. The molecule has 0 saturated heterocycles. The molecule has 0 bridgehead atoms. The molecule has 60 heavy (non-hydrogen) atoms. The van der Waals surface area contributed by atoms with E-state index < -0.39 is 11.7 Å². The zero-order valence-corrected chi connectivity index (χ0v) is 31.8. The van der Waals surface area contributed by atoms with Crippen LogP contribution >= 0.6 is 0 Å². The third-order valence-corrected chi connectivity index (χ3v) is 12.6. The number of fused-ring (bicyclic) bond motifs is 12. The lowest BCUT2D eigenvalue weighted by Crippen LogP contribution is -2.09. The van der Waals surface area contributed by atoms with Crippen LogP contribution < -0.4 is 0 Å². The van der Waals surface area contributed by atoms with Crippen LogP contribution in [-0.2, 0) is 19.0 Å². The van der Waals surface area contributed by atoms with Gasteiger partial charge in [-0.2, -0.15) is 23.7 Å². The van der Waals surface area contributed by atoms with Crippen LogP contribution in [-0.4, -0.2) is 9.13 Å². The Morgan fingerprint density at radius 1 is 0.433 bits per heavy atom. The molecule has 10 aromatic rings. The van der Waals surface area contributed by atoms with Gasteiger partial charge < -0.3 is 9.13 Å². The lowest BCUT2D eigenvalue weighted by atomic mass is 9.94. The maximum atomic E-state index is 15.1. The molecule has 0 unspecified atom stereocenters. The summed E-state index contributed by atoms with van der Waals surface area (Å²) < 4.78 is 49.4. The number of halogens is 3. The van der Waals surface area contributed by atoms with Crippen LogP contribution in [0.5, 0.6) is 0 Å². The third-order valence-electron chi connectivity index (χ3n) is 12.6. The highest BCUT2D eigenvalue weighted by Crippen LogP contribution is 2.47. The maximum Gasteiger partial charge on any atom is 0.417 e. The van der Waals surface area contributed by atoms with Crippen molar-refractivity contribution in [2.24, 2.45) is 0 Å². The fourth-order valence-corrected chi connectivity index (χ4v) is 10.0. The van der Waals surface area contributed by atoms with Crippen LogP contribution in [0.3, 0.4) is 0 Å². The van der Waals surface area contributed by atoms with Crippen LogP contribution in [0.15, 0.2) is 152 Å². The zero-order valence-electron chi connectivity index (χ0n) is 31.8. The quantitative estimate of drug-likeness (QED) is 0.179. The molecule has 0 atom stereocenters. The van der Waals surface area contributed by atoms with Crippen molar-refractivity contribution < 1.29 is 13.2 Å². The lowest BCUT2D eigenvalue weighted by molar-refractivity contribution is -0.137. The standard InChI is InChI=1S/C53H29F3N4/c54-53(55,56)46-19-30(28-57)17-18-38(46)35-24-51(59-47-15-7-5-13-39(47)43-26-41-33(22-49(43)59)20-31-9-1-3-11-36(31)41)45(29-58)52(25-35)60-48-16-8-6-14-40(48)44-27-42-34(23-50(44)60)21-32-10-2-4-12-37(32)42/h1-19,22-27H,20-21H2. The van der Waals surface area contributed by atoms with E-state index in [-0.39, 0.29) is 16.7 Å². The Hall–Kier alpha value is -7.87. The Morgan fingerprint density at radius 3 is 1.43 bits per heavy atom. The summed E-state index contributed by atoms with van der Waals surface area (Å²) in [6, 6.07) is 53.2. The smallest absolute Gasteiger partial charge is 0.308 e. The van der Waals surface area contributed by atoms with Crippen molar-refractivity contribution in [3.05, 3.63) is 191 Å². The van der Waals surface area contributed by atoms with Gasteiger partial charge in [0, 0.05) is 21.5 Å². The van der Waals surface area contributed by atoms with Crippen molar-refractivity contribution in [3.8, 4) is 56.9 Å². The van der Waals surface area contributed by atoms with Crippen molar-refractivity contribution in [2.45, 2.75) is 19.0 Å². The molecular formula is C53H29F3N4. The lowest BCUT2D eigenvalue weighted by Gasteiger charge is -2.20. The van der Waals surface area contributed by atoms with E-state index in [1.54, 1.807) is 12.1 Å². The number of aromatic nitrogens is 2. The average Bonchev–Trinajstić information content (AvgIpc) is 4.01. The fraction of sp³-hybridized carbons (Fsp3) is 0.0566. The predicted molar refractivity (Wildman–Crippen MR) is 231 cm³/mol. The van der Waals surface area contributed by atoms with Gasteiger partial charge in [0.15, 0.2) is 0 Å². The first-order chi connectivity index (χ1) is 29.3. The summed E-state index contributed by atoms with van der Waals surface area (Å²) in [7, 11) is 0. The van der Waals surface area contributed by atoms with Gasteiger partial charge in [-0.15, -0.1) is 0 Å². The van der Waals surface area contributed by atoms with E-state index in [4.69, 9.17) is 0 Å². The van der Waals surface area contributed by atoms with Gasteiger partial charge in [0.25, 0.3) is 0 Å². The molecule has 0 spiro atoms. The molecular weight excluding hydrogens is 750 g/mol. The first-order valence-corrected chi connectivity index (χ1v) is 19.8. The SMILES string of the molecule is N#Cc1ccc(-c2cc(-n3c4ccccc4c4cc5c(cc43)Cc3ccccc3-5)c(C#N)c(-n3c4ccccc4c4cc5c(cc43)Cc3ccccc3-5)c2)c(C(F)(F)F)c1. The summed E-state index contributed by atoms with van der Waals surface area (Å²) in [5.41, 5.74) is 13.3. The van der Waals surface area contributed by atoms with Crippen molar-refractivity contribution in [2.75, 3.05) is 0 Å². The number of alkyl halides is 3. The van der Waals surface area contributed by atoms with E-state index >= 15 is 13.2 Å². The van der Waals surface area contributed by atoms with E-state index in [2.05, 4.69) is 75.9 Å². The summed E-state index contributed by atoms with van der Waals surface area (Å²) >= 11 is 0. The Kier molecular flexibility index (Phi) is 7.02. The summed E-state index contributed by atoms with van der Waals surface area (Å²) in [5, 5.41) is 25.0. The molecule has 12 rings (SSSR count). The molecule has 0 amide bonds. The van der Waals surface area contributed by atoms with Crippen LogP contribution in [0.4, 0.5) is 13.2 Å². The number of rotatable bonds is 3. The molecule has 4 nitrogen and oxygen atoms in total. The van der Waals surface area contributed by atoms with E-state index in [1.165, 1.54) is 34.4 Å². The molecule has 282 valence electrons. The molecule has 0 N–H and O–H groups in total. The van der Waals surface area contributed by atoms with Crippen molar-refractivity contribution in [1.29, 1.82) is 10.5 Å². The van der Waals surface area contributed by atoms with E-state index in [0.29, 0.717) is 16.9 Å². The first kappa shape index (κ1) is 34.2. The molecule has 8 aromatic carbocycles. The second kappa shape index (κ2) is 12.3. The molecule has 0 radical (unpaired) electrons. The molecule has 0 saturated carbocycles. The van der Waals surface area contributed by atoms with Crippen LogP contribution in [0.2, 0.25) is 0 Å². The minimum atomic E-state index is -4.76. The Balaban J connectivity index is 1.22. The van der Waals surface area contributed by atoms with Crippen LogP contribution in [0, 0.1) is 22.7 Å². The molecule has 2 aromatic heterocycles. The van der Waals surface area contributed by atoms with Crippen molar-refractivity contribution in [1.82, 2.24) is 9.13 Å². The molecule has 2 heterocycles. The van der Waals surface area contributed by atoms with Crippen molar-refractivity contribution in [3.63, 3.8) is 0 Å². The third kappa shape index (κ3) is 4.78. The molecule has 2 aliphatic rings. The fourth-order valence-electron chi connectivity index (χ4n) is 10.0.